The van der Waals surface area contributed by atoms with Gasteiger partial charge in [0.05, 0.1) is 31.9 Å². The lowest BCUT2D eigenvalue weighted by atomic mass is 10.1. The number of carbonyl (C=O) groups excluding carboxylic acids is 3. The first-order valence-electron chi connectivity index (χ1n) is 13.4. The molecule has 1 saturated heterocycles. The number of imide groups is 2. The minimum Gasteiger partial charge on any atom is -0.493 e. The summed E-state index contributed by atoms with van der Waals surface area (Å²) in [4.78, 5) is 39.8. The summed E-state index contributed by atoms with van der Waals surface area (Å²) in [5, 5.41) is 3.33. The Balaban J connectivity index is 1.59. The average molecular weight is 648 g/mol. The molecule has 12 heteroatoms. The van der Waals surface area contributed by atoms with Crippen molar-refractivity contribution in [2.75, 3.05) is 20.3 Å². The summed E-state index contributed by atoms with van der Waals surface area (Å²) >= 11 is 18.8. The number of halogens is 3. The molecular formula is C31H29Cl3N2O7. The van der Waals surface area contributed by atoms with Crippen LogP contribution < -0.4 is 24.3 Å². The van der Waals surface area contributed by atoms with Crippen molar-refractivity contribution in [1.29, 1.82) is 0 Å². The number of methoxy groups -OCH3 is 1. The second-order valence-electron chi connectivity index (χ2n) is 9.33. The van der Waals surface area contributed by atoms with E-state index in [2.05, 4.69) is 5.32 Å². The molecule has 1 aliphatic heterocycles. The van der Waals surface area contributed by atoms with Gasteiger partial charge < -0.3 is 18.9 Å². The molecule has 0 unspecified atom stereocenters. The fourth-order valence-corrected chi connectivity index (χ4v) is 4.93. The lowest BCUT2D eigenvalue weighted by Gasteiger charge is -2.26. The lowest BCUT2D eigenvalue weighted by molar-refractivity contribution is -0.130. The number of nitrogens with zero attached hydrogens (tertiary/aromatic N) is 1. The van der Waals surface area contributed by atoms with Gasteiger partial charge in [0.2, 0.25) is 0 Å². The van der Waals surface area contributed by atoms with Crippen LogP contribution in [0.5, 0.6) is 23.0 Å². The summed E-state index contributed by atoms with van der Waals surface area (Å²) in [5.74, 6) is -0.0515. The molecule has 43 heavy (non-hydrogen) atoms. The van der Waals surface area contributed by atoms with Crippen molar-refractivity contribution in [1.82, 2.24) is 10.2 Å². The van der Waals surface area contributed by atoms with Gasteiger partial charge in [-0.05, 0) is 66.9 Å². The highest BCUT2D eigenvalue weighted by atomic mass is 35.5. The Hall–Kier alpha value is -3.92. The van der Waals surface area contributed by atoms with Crippen LogP contribution in [0.2, 0.25) is 15.1 Å². The first-order chi connectivity index (χ1) is 20.6. The van der Waals surface area contributed by atoms with Crippen molar-refractivity contribution in [3.8, 4) is 23.0 Å². The van der Waals surface area contributed by atoms with Crippen molar-refractivity contribution in [2.24, 2.45) is 0 Å². The van der Waals surface area contributed by atoms with E-state index < -0.39 is 17.8 Å². The molecule has 1 N–H and O–H groups in total. The van der Waals surface area contributed by atoms with E-state index in [4.69, 9.17) is 53.8 Å². The zero-order chi connectivity index (χ0) is 31.1. The molecule has 0 spiro atoms. The summed E-state index contributed by atoms with van der Waals surface area (Å²) in [7, 11) is 1.50. The van der Waals surface area contributed by atoms with Crippen LogP contribution in [0.25, 0.3) is 6.08 Å². The zero-order valence-electron chi connectivity index (χ0n) is 23.7. The number of ether oxygens (including phenoxy) is 4. The number of benzene rings is 3. The first-order valence-corrected chi connectivity index (χ1v) is 14.5. The highest BCUT2D eigenvalue weighted by Gasteiger charge is 2.36. The Morgan fingerprint density at radius 3 is 2.35 bits per heavy atom. The van der Waals surface area contributed by atoms with E-state index in [-0.39, 0.29) is 29.5 Å². The molecule has 3 aromatic rings. The minimum atomic E-state index is -0.838. The normalized spacial score (nSPS) is 14.1. The van der Waals surface area contributed by atoms with Gasteiger partial charge in [0, 0.05) is 15.6 Å². The number of hydrogen-bond acceptors (Lipinski definition) is 7. The van der Waals surface area contributed by atoms with Crippen molar-refractivity contribution in [3.05, 3.63) is 85.9 Å². The second kappa shape index (κ2) is 14.5. The molecule has 0 atom stereocenters. The molecule has 1 fully saturated rings. The lowest BCUT2D eigenvalue weighted by Crippen LogP contribution is -2.53. The molecule has 0 bridgehead atoms. The summed E-state index contributed by atoms with van der Waals surface area (Å²) in [6.45, 7) is 4.56. The van der Waals surface area contributed by atoms with Gasteiger partial charge in [-0.1, -0.05) is 53.9 Å². The SMILES string of the molecule is CCCOc1ccc(CN2C(=O)NC(=O)/C(=C\c3cc(Cl)c(OCc4ccc(Cl)cc4Cl)c(OCC)c3)C2=O)cc1OC. The van der Waals surface area contributed by atoms with Crippen LogP contribution in [0.15, 0.2) is 54.1 Å². The average Bonchev–Trinajstić information content (AvgIpc) is 2.97. The zero-order valence-corrected chi connectivity index (χ0v) is 25.9. The Morgan fingerprint density at radius 1 is 0.860 bits per heavy atom. The van der Waals surface area contributed by atoms with Crippen molar-refractivity contribution in [3.63, 3.8) is 0 Å². The van der Waals surface area contributed by atoms with Crippen LogP contribution in [-0.4, -0.2) is 43.1 Å². The predicted octanol–water partition coefficient (Wildman–Crippen LogP) is 7.08. The van der Waals surface area contributed by atoms with E-state index >= 15 is 0 Å². The molecule has 1 aliphatic rings. The third kappa shape index (κ3) is 7.73. The Labute approximate surface area is 264 Å². The van der Waals surface area contributed by atoms with Crippen LogP contribution in [0, 0.1) is 0 Å². The maximum absolute atomic E-state index is 13.4. The third-order valence-electron chi connectivity index (χ3n) is 6.25. The van der Waals surface area contributed by atoms with Gasteiger partial charge in [-0.3, -0.25) is 19.8 Å². The number of barbiturate groups is 1. The third-order valence-corrected chi connectivity index (χ3v) is 7.11. The van der Waals surface area contributed by atoms with Gasteiger partial charge in [0.25, 0.3) is 11.8 Å². The maximum Gasteiger partial charge on any atom is 0.331 e. The topological polar surface area (TPSA) is 103 Å². The number of urea groups is 1. The monoisotopic (exact) mass is 646 g/mol. The smallest absolute Gasteiger partial charge is 0.331 e. The van der Waals surface area contributed by atoms with E-state index in [1.165, 1.54) is 19.3 Å². The van der Waals surface area contributed by atoms with Crippen LogP contribution in [0.3, 0.4) is 0 Å². The Morgan fingerprint density at radius 2 is 1.65 bits per heavy atom. The maximum atomic E-state index is 13.4. The van der Waals surface area contributed by atoms with Gasteiger partial charge in [-0.15, -0.1) is 0 Å². The van der Waals surface area contributed by atoms with Gasteiger partial charge in [-0.2, -0.15) is 0 Å². The van der Waals surface area contributed by atoms with E-state index in [0.29, 0.717) is 57.2 Å². The van der Waals surface area contributed by atoms with Gasteiger partial charge in [0.1, 0.15) is 12.2 Å². The highest BCUT2D eigenvalue weighted by Crippen LogP contribution is 2.38. The molecule has 0 radical (unpaired) electrons. The highest BCUT2D eigenvalue weighted by molar-refractivity contribution is 6.35. The van der Waals surface area contributed by atoms with Crippen molar-refractivity contribution >= 4 is 58.7 Å². The molecule has 226 valence electrons. The quantitative estimate of drug-likeness (QED) is 0.165. The summed E-state index contributed by atoms with van der Waals surface area (Å²) in [6.07, 6.45) is 2.16. The van der Waals surface area contributed by atoms with Crippen molar-refractivity contribution in [2.45, 2.75) is 33.4 Å². The number of amides is 4. The van der Waals surface area contributed by atoms with Crippen LogP contribution >= 0.6 is 34.8 Å². The van der Waals surface area contributed by atoms with E-state index in [1.807, 2.05) is 6.92 Å². The van der Waals surface area contributed by atoms with Crippen molar-refractivity contribution < 1.29 is 33.3 Å². The molecule has 4 rings (SSSR count). The molecule has 0 aromatic heterocycles. The van der Waals surface area contributed by atoms with E-state index in [0.717, 1.165) is 11.3 Å². The fraction of sp³-hybridized carbons (Fsp3) is 0.258. The number of nitrogens with one attached hydrogen (secondary N) is 1. The molecule has 3 aromatic carbocycles. The van der Waals surface area contributed by atoms with Crippen LogP contribution in [0.1, 0.15) is 37.0 Å². The standard InChI is InChI=1S/C31H29Cl3N2O7/c1-4-10-42-25-9-6-18(13-26(25)40-3)16-36-30(38)22(29(37)35-31(36)39)11-19-12-24(34)28(27(14-19)41-5-2)43-17-20-7-8-21(32)15-23(20)33/h6-9,11-15H,4-5,10,16-17H2,1-3H3,(H,35,37,39)/b22-11+. The van der Waals surface area contributed by atoms with Gasteiger partial charge in [-0.25, -0.2) is 4.79 Å². The van der Waals surface area contributed by atoms with Crippen LogP contribution in [0.4, 0.5) is 4.79 Å². The molecule has 0 saturated carbocycles. The van der Waals surface area contributed by atoms with E-state index in [9.17, 15) is 14.4 Å². The molecule has 1 heterocycles. The second-order valence-corrected chi connectivity index (χ2v) is 10.6. The number of carbonyl (C=O) groups is 3. The summed E-state index contributed by atoms with van der Waals surface area (Å²) in [6, 6.07) is 12.4. The van der Waals surface area contributed by atoms with Crippen LogP contribution in [-0.2, 0) is 22.7 Å². The van der Waals surface area contributed by atoms with E-state index in [1.54, 1.807) is 49.4 Å². The largest absolute Gasteiger partial charge is 0.493 e. The van der Waals surface area contributed by atoms with Gasteiger partial charge >= 0.3 is 6.03 Å². The molecule has 4 amide bonds. The number of hydrogen-bond donors (Lipinski definition) is 1. The Bertz CT molecular complexity index is 1580. The molecule has 9 nitrogen and oxygen atoms in total. The summed E-state index contributed by atoms with van der Waals surface area (Å²) < 4.78 is 22.8. The first kappa shape index (κ1) is 32.0. The number of rotatable bonds is 12. The molecular weight excluding hydrogens is 619 g/mol. The summed E-state index contributed by atoms with van der Waals surface area (Å²) in [5.41, 5.74) is 1.42. The Kier molecular flexibility index (Phi) is 10.8. The molecule has 0 aliphatic carbocycles. The van der Waals surface area contributed by atoms with Gasteiger partial charge in [0.15, 0.2) is 23.0 Å². The minimum absolute atomic E-state index is 0.0880. The fourth-order valence-electron chi connectivity index (χ4n) is 4.19. The predicted molar refractivity (Wildman–Crippen MR) is 164 cm³/mol.